The van der Waals surface area contributed by atoms with Gasteiger partial charge >= 0.3 is 0 Å². The molecule has 2 atom stereocenters. The lowest BCUT2D eigenvalue weighted by Gasteiger charge is -2.21. The highest BCUT2D eigenvalue weighted by Gasteiger charge is 2.22. The van der Waals surface area contributed by atoms with Crippen LogP contribution in [-0.2, 0) is 6.42 Å². The monoisotopic (exact) mass is 284 g/mol. The van der Waals surface area contributed by atoms with Crippen LogP contribution in [0.4, 0.5) is 0 Å². The van der Waals surface area contributed by atoms with Crippen molar-refractivity contribution in [2.24, 2.45) is 5.73 Å². The minimum absolute atomic E-state index is 0.225. The van der Waals surface area contributed by atoms with E-state index in [1.165, 1.54) is 0 Å². The Balaban J connectivity index is 2.19. The van der Waals surface area contributed by atoms with E-state index in [0.29, 0.717) is 17.5 Å². The summed E-state index contributed by atoms with van der Waals surface area (Å²) in [5.41, 5.74) is 8.18. The van der Waals surface area contributed by atoms with Gasteiger partial charge in [-0.2, -0.15) is 0 Å². The molecule has 4 N–H and O–H groups in total. The first-order valence-corrected chi connectivity index (χ1v) is 6.92. The first kappa shape index (κ1) is 15.2. The zero-order valence-corrected chi connectivity index (χ0v) is 12.0. The fourth-order valence-corrected chi connectivity index (χ4v) is 2.32. The number of amides is 1. The van der Waals surface area contributed by atoms with Crippen molar-refractivity contribution in [1.29, 1.82) is 0 Å². The number of nitrogens with one attached hydrogen (secondary N) is 1. The van der Waals surface area contributed by atoms with Gasteiger partial charge < -0.3 is 16.2 Å². The Bertz CT molecular complexity index is 599. The zero-order valence-electron chi connectivity index (χ0n) is 12.0. The maximum atomic E-state index is 11.9. The molecular formula is C17H20N2O2. The molecule has 0 heterocycles. The van der Waals surface area contributed by atoms with Crippen molar-refractivity contribution in [3.8, 4) is 0 Å². The van der Waals surface area contributed by atoms with Gasteiger partial charge in [-0.3, -0.25) is 4.79 Å². The summed E-state index contributed by atoms with van der Waals surface area (Å²) < 4.78 is 0. The summed E-state index contributed by atoms with van der Waals surface area (Å²) in [5, 5.41) is 13.0. The molecule has 0 aliphatic rings. The minimum Gasteiger partial charge on any atom is -0.387 e. The van der Waals surface area contributed by atoms with Crippen molar-refractivity contribution in [3.05, 3.63) is 71.3 Å². The number of benzene rings is 2. The molecule has 110 valence electrons. The van der Waals surface area contributed by atoms with Gasteiger partial charge in [0.05, 0.1) is 6.10 Å². The average molecular weight is 284 g/mol. The number of hydrogen-bond acceptors (Lipinski definition) is 3. The molecule has 0 saturated carbocycles. The molecular weight excluding hydrogens is 264 g/mol. The standard InChI is InChI=1S/C17H20N2O2/c1-19-17(21)14-10-6-5-9-13(14)16(20)15(18)11-12-7-3-2-4-8-12/h2-10,15-16,20H,11,18H2,1H3,(H,19,21). The van der Waals surface area contributed by atoms with E-state index < -0.39 is 12.1 Å². The normalized spacial score (nSPS) is 13.5. The third-order valence-corrected chi connectivity index (χ3v) is 3.47. The third-order valence-electron chi connectivity index (χ3n) is 3.47. The molecule has 0 radical (unpaired) electrons. The van der Waals surface area contributed by atoms with E-state index in [0.717, 1.165) is 5.56 Å². The van der Waals surface area contributed by atoms with Gasteiger partial charge in [-0.25, -0.2) is 0 Å². The summed E-state index contributed by atoms with van der Waals surface area (Å²) in [6.45, 7) is 0. The van der Waals surface area contributed by atoms with Crippen LogP contribution in [0.15, 0.2) is 54.6 Å². The van der Waals surface area contributed by atoms with E-state index in [1.807, 2.05) is 30.3 Å². The Morgan fingerprint density at radius 2 is 1.76 bits per heavy atom. The van der Waals surface area contributed by atoms with E-state index in [9.17, 15) is 9.90 Å². The van der Waals surface area contributed by atoms with Crippen LogP contribution in [-0.4, -0.2) is 24.1 Å². The lowest BCUT2D eigenvalue weighted by molar-refractivity contribution is 0.0951. The lowest BCUT2D eigenvalue weighted by atomic mass is 9.93. The van der Waals surface area contributed by atoms with Crippen molar-refractivity contribution in [1.82, 2.24) is 5.32 Å². The highest BCUT2D eigenvalue weighted by atomic mass is 16.3. The molecule has 0 fully saturated rings. The number of aliphatic hydroxyl groups is 1. The van der Waals surface area contributed by atoms with Gasteiger partial charge in [-0.1, -0.05) is 48.5 Å². The van der Waals surface area contributed by atoms with Crippen LogP contribution in [0.5, 0.6) is 0 Å². The van der Waals surface area contributed by atoms with Gasteiger partial charge in [0.1, 0.15) is 0 Å². The maximum absolute atomic E-state index is 11.9. The molecule has 2 aromatic carbocycles. The van der Waals surface area contributed by atoms with Gasteiger partial charge in [-0.15, -0.1) is 0 Å². The van der Waals surface area contributed by atoms with Crippen LogP contribution in [0, 0.1) is 0 Å². The second kappa shape index (κ2) is 7.02. The molecule has 4 heteroatoms. The Labute approximate surface area is 124 Å². The first-order valence-electron chi connectivity index (χ1n) is 6.92. The van der Waals surface area contributed by atoms with Gasteiger partial charge in [0.2, 0.25) is 0 Å². The SMILES string of the molecule is CNC(=O)c1ccccc1C(O)C(N)Cc1ccccc1. The summed E-state index contributed by atoms with van der Waals surface area (Å²) in [7, 11) is 1.56. The predicted molar refractivity (Wildman–Crippen MR) is 82.9 cm³/mol. The van der Waals surface area contributed by atoms with Crippen LogP contribution in [0.25, 0.3) is 0 Å². The molecule has 0 bridgehead atoms. The van der Waals surface area contributed by atoms with Crippen LogP contribution < -0.4 is 11.1 Å². The first-order chi connectivity index (χ1) is 10.1. The van der Waals surface area contributed by atoms with E-state index in [2.05, 4.69) is 5.32 Å². The average Bonchev–Trinajstić information content (AvgIpc) is 2.54. The number of carbonyl (C=O) groups excluding carboxylic acids is 1. The van der Waals surface area contributed by atoms with Crippen LogP contribution in [0.1, 0.15) is 27.6 Å². The molecule has 2 aromatic rings. The molecule has 0 aliphatic heterocycles. The zero-order chi connectivity index (χ0) is 15.2. The molecule has 4 nitrogen and oxygen atoms in total. The maximum Gasteiger partial charge on any atom is 0.251 e. The summed E-state index contributed by atoms with van der Waals surface area (Å²) in [6, 6.07) is 16.3. The number of nitrogens with two attached hydrogens (primary N) is 1. The van der Waals surface area contributed by atoms with Gasteiger partial charge in [0.25, 0.3) is 5.91 Å². The van der Waals surface area contributed by atoms with Gasteiger partial charge in [-0.05, 0) is 23.6 Å². The summed E-state index contributed by atoms with van der Waals surface area (Å²) in [5.74, 6) is -0.225. The van der Waals surface area contributed by atoms with Crippen LogP contribution >= 0.6 is 0 Å². The predicted octanol–water partition coefficient (Wildman–Crippen LogP) is 1.65. The van der Waals surface area contributed by atoms with Crippen molar-refractivity contribution >= 4 is 5.91 Å². The second-order valence-electron chi connectivity index (χ2n) is 4.96. The Morgan fingerprint density at radius 1 is 1.14 bits per heavy atom. The molecule has 0 saturated heterocycles. The van der Waals surface area contributed by atoms with Gasteiger partial charge in [0.15, 0.2) is 0 Å². The highest BCUT2D eigenvalue weighted by Crippen LogP contribution is 2.22. The third kappa shape index (κ3) is 3.68. The van der Waals surface area contributed by atoms with Crippen LogP contribution in [0.2, 0.25) is 0 Å². The largest absolute Gasteiger partial charge is 0.387 e. The van der Waals surface area contributed by atoms with Gasteiger partial charge in [0, 0.05) is 18.7 Å². The molecule has 0 spiro atoms. The van der Waals surface area contributed by atoms with E-state index in [4.69, 9.17) is 5.73 Å². The van der Waals surface area contributed by atoms with E-state index in [-0.39, 0.29) is 5.91 Å². The number of hydrogen-bond donors (Lipinski definition) is 3. The van der Waals surface area contributed by atoms with Crippen molar-refractivity contribution in [2.75, 3.05) is 7.05 Å². The summed E-state index contributed by atoms with van der Waals surface area (Å²) in [4.78, 5) is 11.9. The summed E-state index contributed by atoms with van der Waals surface area (Å²) in [6.07, 6.45) is -0.344. The lowest BCUT2D eigenvalue weighted by Crippen LogP contribution is -2.32. The quantitative estimate of drug-likeness (QED) is 0.781. The highest BCUT2D eigenvalue weighted by molar-refractivity contribution is 5.95. The Kier molecular flexibility index (Phi) is 5.09. The molecule has 0 aliphatic carbocycles. The Morgan fingerprint density at radius 3 is 2.43 bits per heavy atom. The number of rotatable bonds is 5. The van der Waals surface area contributed by atoms with Crippen LogP contribution in [0.3, 0.4) is 0 Å². The molecule has 0 aromatic heterocycles. The van der Waals surface area contributed by atoms with Crippen molar-refractivity contribution in [3.63, 3.8) is 0 Å². The van der Waals surface area contributed by atoms with Crippen molar-refractivity contribution in [2.45, 2.75) is 18.6 Å². The minimum atomic E-state index is -0.890. The molecule has 21 heavy (non-hydrogen) atoms. The smallest absolute Gasteiger partial charge is 0.251 e. The number of aliphatic hydroxyl groups excluding tert-OH is 1. The topological polar surface area (TPSA) is 75.3 Å². The number of carbonyl (C=O) groups is 1. The molecule has 2 unspecified atom stereocenters. The summed E-state index contributed by atoms with van der Waals surface area (Å²) >= 11 is 0. The van der Waals surface area contributed by atoms with E-state index >= 15 is 0 Å². The Hall–Kier alpha value is -2.17. The fraction of sp³-hybridized carbons (Fsp3) is 0.235. The second-order valence-corrected chi connectivity index (χ2v) is 4.96. The van der Waals surface area contributed by atoms with Crippen molar-refractivity contribution < 1.29 is 9.90 Å². The molecule has 2 rings (SSSR count). The van der Waals surface area contributed by atoms with E-state index in [1.54, 1.807) is 31.3 Å². The fourth-order valence-electron chi connectivity index (χ4n) is 2.32. The molecule has 1 amide bonds.